The Morgan fingerprint density at radius 3 is 2.30 bits per heavy atom. The quantitative estimate of drug-likeness (QED) is 0.795. The summed E-state index contributed by atoms with van der Waals surface area (Å²) in [5.74, 6) is -1.54. The van der Waals surface area contributed by atoms with Crippen molar-refractivity contribution < 1.29 is 8.78 Å². The van der Waals surface area contributed by atoms with Crippen molar-refractivity contribution in [2.45, 2.75) is 26.8 Å². The van der Waals surface area contributed by atoms with Crippen LogP contribution in [0.1, 0.15) is 24.5 Å². The fourth-order valence-electron chi connectivity index (χ4n) is 2.08. The molecule has 0 aliphatic rings. The molecule has 20 heavy (non-hydrogen) atoms. The molecule has 0 bridgehead atoms. The Hall–Kier alpha value is -1.74. The molecule has 3 heteroatoms. The Bertz CT molecular complexity index is 576. The van der Waals surface area contributed by atoms with E-state index in [1.54, 1.807) is 19.1 Å². The van der Waals surface area contributed by atoms with Crippen LogP contribution in [-0.2, 0) is 6.54 Å². The van der Waals surface area contributed by atoms with E-state index in [1.807, 2.05) is 24.3 Å². The molecule has 0 heterocycles. The minimum atomic E-state index is -0.776. The summed E-state index contributed by atoms with van der Waals surface area (Å²) in [6.07, 6.45) is 1.09. The number of aryl methyl sites for hydroxylation is 1. The van der Waals surface area contributed by atoms with Crippen molar-refractivity contribution in [1.29, 1.82) is 0 Å². The molecule has 0 aliphatic heterocycles. The Labute approximate surface area is 118 Å². The van der Waals surface area contributed by atoms with Crippen molar-refractivity contribution in [3.05, 3.63) is 59.2 Å². The highest BCUT2D eigenvalue weighted by Crippen LogP contribution is 2.26. The number of hydrogen-bond acceptors (Lipinski definition) is 1. The molecule has 0 spiro atoms. The highest BCUT2D eigenvalue weighted by Gasteiger charge is 2.12. The second kappa shape index (κ2) is 6.62. The molecular formula is C17H19F2N. The fraction of sp³-hybridized carbons (Fsp3) is 0.294. The third-order valence-electron chi connectivity index (χ3n) is 3.30. The maximum atomic E-state index is 13.9. The van der Waals surface area contributed by atoms with E-state index >= 15 is 0 Å². The first-order valence-corrected chi connectivity index (χ1v) is 6.88. The molecule has 0 radical (unpaired) electrons. The highest BCUT2D eigenvalue weighted by atomic mass is 19.2. The summed E-state index contributed by atoms with van der Waals surface area (Å²) < 4.78 is 27.5. The minimum Gasteiger partial charge on any atom is -0.313 e. The maximum absolute atomic E-state index is 13.9. The molecule has 0 atom stereocenters. The number of rotatable bonds is 5. The van der Waals surface area contributed by atoms with Crippen LogP contribution in [0.15, 0.2) is 36.4 Å². The van der Waals surface area contributed by atoms with E-state index in [4.69, 9.17) is 0 Å². The molecule has 0 unspecified atom stereocenters. The van der Waals surface area contributed by atoms with Gasteiger partial charge in [0, 0.05) is 12.1 Å². The van der Waals surface area contributed by atoms with E-state index in [-0.39, 0.29) is 0 Å². The van der Waals surface area contributed by atoms with E-state index in [2.05, 4.69) is 12.2 Å². The lowest BCUT2D eigenvalue weighted by atomic mass is 10.0. The Kier molecular flexibility index (Phi) is 4.85. The van der Waals surface area contributed by atoms with Gasteiger partial charge in [0.25, 0.3) is 0 Å². The lowest BCUT2D eigenvalue weighted by Crippen LogP contribution is -2.13. The van der Waals surface area contributed by atoms with Gasteiger partial charge in [-0.15, -0.1) is 0 Å². The van der Waals surface area contributed by atoms with Gasteiger partial charge in [0.2, 0.25) is 0 Å². The van der Waals surface area contributed by atoms with Crippen LogP contribution in [0.25, 0.3) is 11.1 Å². The highest BCUT2D eigenvalue weighted by molar-refractivity contribution is 5.65. The number of nitrogens with one attached hydrogen (secondary N) is 1. The average Bonchev–Trinajstić information content (AvgIpc) is 2.46. The Morgan fingerprint density at radius 1 is 0.950 bits per heavy atom. The Balaban J connectivity index is 2.20. The second-order valence-corrected chi connectivity index (χ2v) is 4.93. The van der Waals surface area contributed by atoms with Crippen LogP contribution in [0, 0.1) is 18.6 Å². The number of halogens is 2. The van der Waals surface area contributed by atoms with E-state index in [0.29, 0.717) is 16.7 Å². The summed E-state index contributed by atoms with van der Waals surface area (Å²) in [4.78, 5) is 0. The van der Waals surface area contributed by atoms with Gasteiger partial charge in [-0.25, -0.2) is 8.78 Å². The van der Waals surface area contributed by atoms with Gasteiger partial charge in [0.1, 0.15) is 0 Å². The zero-order valence-electron chi connectivity index (χ0n) is 11.8. The van der Waals surface area contributed by atoms with Gasteiger partial charge in [-0.1, -0.05) is 43.3 Å². The smallest absolute Gasteiger partial charge is 0.166 e. The summed E-state index contributed by atoms with van der Waals surface area (Å²) in [6.45, 7) is 5.44. The van der Waals surface area contributed by atoms with Crippen LogP contribution in [0.2, 0.25) is 0 Å². The summed E-state index contributed by atoms with van der Waals surface area (Å²) in [6, 6.07) is 10.8. The molecule has 0 fully saturated rings. The summed E-state index contributed by atoms with van der Waals surface area (Å²) >= 11 is 0. The molecule has 0 saturated carbocycles. The lowest BCUT2D eigenvalue weighted by molar-refractivity contribution is 0.505. The van der Waals surface area contributed by atoms with Crippen LogP contribution in [0.3, 0.4) is 0 Å². The molecule has 1 N–H and O–H groups in total. The van der Waals surface area contributed by atoms with Gasteiger partial charge in [0.05, 0.1) is 0 Å². The first kappa shape index (κ1) is 14.7. The molecule has 1 nitrogen and oxygen atoms in total. The lowest BCUT2D eigenvalue weighted by Gasteiger charge is -2.08. The third-order valence-corrected chi connectivity index (χ3v) is 3.30. The van der Waals surface area contributed by atoms with E-state index < -0.39 is 11.6 Å². The zero-order chi connectivity index (χ0) is 14.5. The molecule has 0 aromatic heterocycles. The van der Waals surface area contributed by atoms with Crippen LogP contribution in [-0.4, -0.2) is 6.54 Å². The van der Waals surface area contributed by atoms with E-state index in [0.717, 1.165) is 25.1 Å². The van der Waals surface area contributed by atoms with Gasteiger partial charge >= 0.3 is 0 Å². The minimum absolute atomic E-state index is 0.307. The molecule has 0 aliphatic carbocycles. The largest absolute Gasteiger partial charge is 0.313 e. The topological polar surface area (TPSA) is 12.0 Å². The van der Waals surface area contributed by atoms with Gasteiger partial charge in [-0.3, -0.25) is 0 Å². The standard InChI is InChI=1S/C17H19F2N/c1-3-10-20-11-13-5-7-14(8-6-13)15-9-4-12(2)16(18)17(15)19/h4-9,20H,3,10-11H2,1-2H3. The van der Waals surface area contributed by atoms with Crippen molar-refractivity contribution >= 4 is 0 Å². The first-order chi connectivity index (χ1) is 9.63. The number of hydrogen-bond donors (Lipinski definition) is 1. The van der Waals surface area contributed by atoms with Gasteiger partial charge < -0.3 is 5.32 Å². The maximum Gasteiger partial charge on any atom is 0.166 e. The Morgan fingerprint density at radius 2 is 1.65 bits per heavy atom. The summed E-state index contributed by atoms with van der Waals surface area (Å²) in [5.41, 5.74) is 2.46. The number of benzene rings is 2. The van der Waals surface area contributed by atoms with E-state index in [1.165, 1.54) is 0 Å². The molecule has 0 amide bonds. The molecule has 2 aromatic rings. The molecular weight excluding hydrogens is 256 g/mol. The average molecular weight is 275 g/mol. The van der Waals surface area contributed by atoms with E-state index in [9.17, 15) is 8.78 Å². The zero-order valence-corrected chi connectivity index (χ0v) is 11.8. The van der Waals surface area contributed by atoms with Crippen molar-refractivity contribution in [3.63, 3.8) is 0 Å². The SMILES string of the molecule is CCCNCc1ccc(-c2ccc(C)c(F)c2F)cc1. The van der Waals surface area contributed by atoms with Crippen molar-refractivity contribution in [3.8, 4) is 11.1 Å². The van der Waals surface area contributed by atoms with Crippen molar-refractivity contribution in [2.24, 2.45) is 0 Å². The van der Waals surface area contributed by atoms with Gasteiger partial charge in [-0.2, -0.15) is 0 Å². The molecule has 106 valence electrons. The third kappa shape index (κ3) is 3.23. The molecule has 0 saturated heterocycles. The normalized spacial score (nSPS) is 10.8. The van der Waals surface area contributed by atoms with Gasteiger partial charge in [0.15, 0.2) is 11.6 Å². The van der Waals surface area contributed by atoms with Crippen molar-refractivity contribution in [1.82, 2.24) is 5.32 Å². The second-order valence-electron chi connectivity index (χ2n) is 4.93. The first-order valence-electron chi connectivity index (χ1n) is 6.88. The monoisotopic (exact) mass is 275 g/mol. The molecule has 2 rings (SSSR count). The summed E-state index contributed by atoms with van der Waals surface area (Å²) in [5, 5.41) is 3.30. The van der Waals surface area contributed by atoms with Crippen LogP contribution < -0.4 is 5.32 Å². The van der Waals surface area contributed by atoms with Crippen LogP contribution in [0.5, 0.6) is 0 Å². The predicted octanol–water partition coefficient (Wildman–Crippen LogP) is 4.44. The molecule has 2 aromatic carbocycles. The van der Waals surface area contributed by atoms with Gasteiger partial charge in [-0.05, 0) is 36.6 Å². The van der Waals surface area contributed by atoms with Crippen LogP contribution >= 0.6 is 0 Å². The predicted molar refractivity (Wildman–Crippen MR) is 78.5 cm³/mol. The van der Waals surface area contributed by atoms with Crippen molar-refractivity contribution in [2.75, 3.05) is 6.54 Å². The fourth-order valence-corrected chi connectivity index (χ4v) is 2.08. The van der Waals surface area contributed by atoms with Crippen LogP contribution in [0.4, 0.5) is 8.78 Å². The summed E-state index contributed by atoms with van der Waals surface area (Å²) in [7, 11) is 0.